The standard InChI is InChI=1S/C10H23N/c1-8(2)7-9(11-6)10(3,4)5/h8-9,11H,7H2,1-6H3. The Hall–Kier alpha value is -0.0400. The van der Waals surface area contributed by atoms with E-state index in [1.807, 2.05) is 0 Å². The van der Waals surface area contributed by atoms with E-state index >= 15 is 0 Å². The highest BCUT2D eigenvalue weighted by molar-refractivity contribution is 4.79. The normalized spacial score (nSPS) is 15.5. The molecule has 0 heterocycles. The van der Waals surface area contributed by atoms with Crippen molar-refractivity contribution in [3.63, 3.8) is 0 Å². The van der Waals surface area contributed by atoms with Crippen LogP contribution >= 0.6 is 0 Å². The van der Waals surface area contributed by atoms with Crippen LogP contribution in [-0.4, -0.2) is 13.1 Å². The lowest BCUT2D eigenvalue weighted by Crippen LogP contribution is -2.38. The molecule has 0 radical (unpaired) electrons. The number of hydrogen-bond donors (Lipinski definition) is 1. The molecule has 1 unspecified atom stereocenters. The Kier molecular flexibility index (Phi) is 4.09. The lowest BCUT2D eigenvalue weighted by atomic mass is 9.82. The molecule has 0 rings (SSSR count). The summed E-state index contributed by atoms with van der Waals surface area (Å²) in [4.78, 5) is 0. The van der Waals surface area contributed by atoms with E-state index < -0.39 is 0 Å². The van der Waals surface area contributed by atoms with Gasteiger partial charge in [0.25, 0.3) is 0 Å². The van der Waals surface area contributed by atoms with Gasteiger partial charge in [0, 0.05) is 6.04 Å². The van der Waals surface area contributed by atoms with E-state index in [2.05, 4.69) is 47.0 Å². The van der Waals surface area contributed by atoms with Crippen LogP contribution < -0.4 is 5.32 Å². The highest BCUT2D eigenvalue weighted by Crippen LogP contribution is 2.23. The Balaban J connectivity index is 3.96. The van der Waals surface area contributed by atoms with Crippen LogP contribution in [0.25, 0.3) is 0 Å². The van der Waals surface area contributed by atoms with Gasteiger partial charge in [-0.3, -0.25) is 0 Å². The molecule has 1 heteroatoms. The minimum atomic E-state index is 0.388. The maximum Gasteiger partial charge on any atom is 0.0115 e. The summed E-state index contributed by atoms with van der Waals surface area (Å²) in [6.07, 6.45) is 1.26. The summed E-state index contributed by atoms with van der Waals surface area (Å²) in [6, 6.07) is 0.641. The monoisotopic (exact) mass is 157 g/mol. The van der Waals surface area contributed by atoms with Crippen LogP contribution in [0.15, 0.2) is 0 Å². The van der Waals surface area contributed by atoms with Crippen molar-refractivity contribution < 1.29 is 0 Å². The summed E-state index contributed by atoms with van der Waals surface area (Å²) in [6.45, 7) is 11.4. The number of hydrogen-bond acceptors (Lipinski definition) is 1. The van der Waals surface area contributed by atoms with E-state index in [9.17, 15) is 0 Å². The molecule has 1 atom stereocenters. The smallest absolute Gasteiger partial charge is 0.0115 e. The molecule has 11 heavy (non-hydrogen) atoms. The van der Waals surface area contributed by atoms with Gasteiger partial charge in [-0.25, -0.2) is 0 Å². The van der Waals surface area contributed by atoms with Crippen molar-refractivity contribution >= 4 is 0 Å². The molecular formula is C10H23N. The molecule has 0 spiro atoms. The first-order chi connectivity index (χ1) is 4.88. The van der Waals surface area contributed by atoms with Gasteiger partial charge in [-0.15, -0.1) is 0 Å². The average Bonchev–Trinajstić information content (AvgIpc) is 1.79. The highest BCUT2D eigenvalue weighted by Gasteiger charge is 2.23. The molecule has 0 aromatic heterocycles. The quantitative estimate of drug-likeness (QED) is 0.664. The molecule has 0 fully saturated rings. The molecule has 0 bridgehead atoms. The Morgan fingerprint density at radius 3 is 1.73 bits per heavy atom. The first kappa shape index (κ1) is 11.0. The largest absolute Gasteiger partial charge is 0.316 e. The summed E-state index contributed by atoms with van der Waals surface area (Å²) in [5.74, 6) is 0.784. The van der Waals surface area contributed by atoms with Gasteiger partial charge in [-0.2, -0.15) is 0 Å². The molecule has 0 aromatic rings. The zero-order chi connectivity index (χ0) is 9.07. The third kappa shape index (κ3) is 4.41. The molecule has 0 aliphatic carbocycles. The van der Waals surface area contributed by atoms with E-state index in [1.165, 1.54) is 6.42 Å². The minimum Gasteiger partial charge on any atom is -0.316 e. The SMILES string of the molecule is CNC(CC(C)C)C(C)(C)C. The van der Waals surface area contributed by atoms with Gasteiger partial charge in [-0.05, 0) is 24.8 Å². The Morgan fingerprint density at radius 1 is 1.18 bits per heavy atom. The van der Waals surface area contributed by atoms with Gasteiger partial charge in [0.05, 0.1) is 0 Å². The second kappa shape index (κ2) is 4.10. The van der Waals surface area contributed by atoms with Gasteiger partial charge >= 0.3 is 0 Å². The third-order valence-electron chi connectivity index (χ3n) is 2.10. The van der Waals surface area contributed by atoms with Gasteiger partial charge < -0.3 is 5.32 Å². The zero-order valence-electron chi connectivity index (χ0n) is 8.86. The van der Waals surface area contributed by atoms with Crippen molar-refractivity contribution in [2.45, 2.75) is 47.1 Å². The summed E-state index contributed by atoms with van der Waals surface area (Å²) in [5.41, 5.74) is 0.388. The molecule has 1 N–H and O–H groups in total. The van der Waals surface area contributed by atoms with E-state index in [0.29, 0.717) is 11.5 Å². The molecular weight excluding hydrogens is 134 g/mol. The fraction of sp³-hybridized carbons (Fsp3) is 1.00. The van der Waals surface area contributed by atoms with Crippen LogP contribution in [0.3, 0.4) is 0 Å². The van der Waals surface area contributed by atoms with Gasteiger partial charge in [0.2, 0.25) is 0 Å². The van der Waals surface area contributed by atoms with Crippen molar-refractivity contribution in [1.82, 2.24) is 5.32 Å². The van der Waals surface area contributed by atoms with E-state index in [0.717, 1.165) is 5.92 Å². The summed E-state index contributed by atoms with van der Waals surface area (Å²) in [5, 5.41) is 3.37. The topological polar surface area (TPSA) is 12.0 Å². The summed E-state index contributed by atoms with van der Waals surface area (Å²) < 4.78 is 0. The molecule has 0 saturated carbocycles. The van der Waals surface area contributed by atoms with Gasteiger partial charge in [0.15, 0.2) is 0 Å². The average molecular weight is 157 g/mol. The molecule has 68 valence electrons. The predicted octanol–water partition coefficient (Wildman–Crippen LogP) is 2.67. The lowest BCUT2D eigenvalue weighted by Gasteiger charge is -2.31. The number of rotatable bonds is 3. The number of nitrogens with one attached hydrogen (secondary N) is 1. The first-order valence-corrected chi connectivity index (χ1v) is 4.55. The first-order valence-electron chi connectivity index (χ1n) is 4.55. The fourth-order valence-electron chi connectivity index (χ4n) is 1.38. The molecule has 0 aliphatic heterocycles. The van der Waals surface area contributed by atoms with Crippen LogP contribution in [0.4, 0.5) is 0 Å². The molecule has 0 saturated heterocycles. The fourth-order valence-corrected chi connectivity index (χ4v) is 1.38. The Bertz CT molecular complexity index is 99.9. The highest BCUT2D eigenvalue weighted by atomic mass is 14.9. The van der Waals surface area contributed by atoms with Crippen molar-refractivity contribution in [3.8, 4) is 0 Å². The zero-order valence-corrected chi connectivity index (χ0v) is 8.86. The molecule has 0 amide bonds. The Labute approximate surface area is 71.6 Å². The van der Waals surface area contributed by atoms with Crippen LogP contribution in [-0.2, 0) is 0 Å². The summed E-state index contributed by atoms with van der Waals surface area (Å²) >= 11 is 0. The van der Waals surface area contributed by atoms with Crippen LogP contribution in [0, 0.1) is 11.3 Å². The van der Waals surface area contributed by atoms with Crippen molar-refractivity contribution in [3.05, 3.63) is 0 Å². The van der Waals surface area contributed by atoms with Crippen LogP contribution in [0.5, 0.6) is 0 Å². The van der Waals surface area contributed by atoms with Crippen LogP contribution in [0.2, 0.25) is 0 Å². The van der Waals surface area contributed by atoms with E-state index in [1.54, 1.807) is 0 Å². The van der Waals surface area contributed by atoms with Crippen molar-refractivity contribution in [1.29, 1.82) is 0 Å². The lowest BCUT2D eigenvalue weighted by molar-refractivity contribution is 0.246. The van der Waals surface area contributed by atoms with Gasteiger partial charge in [0.1, 0.15) is 0 Å². The minimum absolute atomic E-state index is 0.388. The maximum absolute atomic E-state index is 3.37. The molecule has 0 aromatic carbocycles. The predicted molar refractivity (Wildman–Crippen MR) is 51.8 cm³/mol. The second-order valence-electron chi connectivity index (χ2n) is 4.84. The molecule has 1 nitrogen and oxygen atoms in total. The van der Waals surface area contributed by atoms with E-state index in [-0.39, 0.29) is 0 Å². The van der Waals surface area contributed by atoms with Crippen LogP contribution in [0.1, 0.15) is 41.0 Å². The Morgan fingerprint density at radius 2 is 1.64 bits per heavy atom. The van der Waals surface area contributed by atoms with E-state index in [4.69, 9.17) is 0 Å². The summed E-state index contributed by atoms with van der Waals surface area (Å²) in [7, 11) is 2.05. The van der Waals surface area contributed by atoms with Crippen molar-refractivity contribution in [2.24, 2.45) is 11.3 Å². The van der Waals surface area contributed by atoms with Gasteiger partial charge in [-0.1, -0.05) is 34.6 Å². The van der Waals surface area contributed by atoms with Crippen molar-refractivity contribution in [2.75, 3.05) is 7.05 Å². The maximum atomic E-state index is 3.37. The third-order valence-corrected chi connectivity index (χ3v) is 2.10. The second-order valence-corrected chi connectivity index (χ2v) is 4.84. The molecule has 0 aliphatic rings.